The van der Waals surface area contributed by atoms with E-state index in [1.807, 2.05) is 13.0 Å². The SMILES string of the molecule is C=CCSN1CCC(c2cc(F)c(OC3CCN(C(=O)OC4(C)CC4)CC3)c(F)c2)CC1. The first-order valence-corrected chi connectivity index (χ1v) is 12.4. The molecule has 8 heteroatoms. The summed E-state index contributed by atoms with van der Waals surface area (Å²) in [5.74, 6) is -0.575. The van der Waals surface area contributed by atoms with Crippen LogP contribution in [0.4, 0.5) is 13.6 Å². The van der Waals surface area contributed by atoms with Crippen molar-refractivity contribution < 1.29 is 23.0 Å². The summed E-state index contributed by atoms with van der Waals surface area (Å²) in [6.07, 6.45) is 5.84. The van der Waals surface area contributed by atoms with Crippen molar-refractivity contribution in [2.75, 3.05) is 31.9 Å². The Morgan fingerprint density at radius 1 is 1.16 bits per heavy atom. The number of benzene rings is 1. The van der Waals surface area contributed by atoms with Crippen LogP contribution >= 0.6 is 11.9 Å². The number of hydrogen-bond acceptors (Lipinski definition) is 5. The molecular formula is C24H32F2N2O3S. The molecule has 5 nitrogen and oxygen atoms in total. The van der Waals surface area contributed by atoms with Crippen LogP contribution in [0.5, 0.6) is 5.75 Å². The number of rotatable bonds is 7. The summed E-state index contributed by atoms with van der Waals surface area (Å²) < 4.78 is 43.1. The zero-order valence-electron chi connectivity index (χ0n) is 18.7. The molecule has 2 saturated heterocycles. The van der Waals surface area contributed by atoms with Gasteiger partial charge in [0.15, 0.2) is 17.4 Å². The van der Waals surface area contributed by atoms with Crippen molar-refractivity contribution in [2.45, 2.75) is 63.1 Å². The lowest BCUT2D eigenvalue weighted by atomic mass is 9.90. The van der Waals surface area contributed by atoms with Gasteiger partial charge in [0.1, 0.15) is 11.7 Å². The monoisotopic (exact) mass is 466 g/mol. The molecule has 0 aromatic heterocycles. The number of hydrogen-bond donors (Lipinski definition) is 0. The second-order valence-electron chi connectivity index (χ2n) is 9.22. The number of nitrogens with zero attached hydrogens (tertiary/aromatic N) is 2. The molecule has 1 aromatic rings. The van der Waals surface area contributed by atoms with Gasteiger partial charge in [-0.2, -0.15) is 0 Å². The first kappa shape index (κ1) is 23.4. The van der Waals surface area contributed by atoms with Crippen LogP contribution in [0.3, 0.4) is 0 Å². The molecule has 0 spiro atoms. The maximum absolute atomic E-state index is 14.8. The van der Waals surface area contributed by atoms with Crippen LogP contribution in [0.15, 0.2) is 24.8 Å². The normalized spacial score (nSPS) is 21.9. The lowest BCUT2D eigenvalue weighted by Gasteiger charge is -2.33. The summed E-state index contributed by atoms with van der Waals surface area (Å²) in [6.45, 7) is 8.38. The van der Waals surface area contributed by atoms with E-state index in [4.69, 9.17) is 9.47 Å². The molecule has 1 aromatic carbocycles. The van der Waals surface area contributed by atoms with Gasteiger partial charge in [-0.05, 0) is 56.2 Å². The van der Waals surface area contributed by atoms with E-state index in [1.54, 1.807) is 16.8 Å². The Balaban J connectivity index is 1.29. The molecule has 3 fully saturated rings. The number of piperidine rings is 2. The minimum Gasteiger partial charge on any atom is -0.484 e. The molecule has 2 heterocycles. The van der Waals surface area contributed by atoms with Gasteiger partial charge in [-0.25, -0.2) is 13.6 Å². The number of carbonyl (C=O) groups is 1. The Labute approximate surface area is 193 Å². The zero-order valence-corrected chi connectivity index (χ0v) is 19.5. The molecule has 0 atom stereocenters. The Bertz CT molecular complexity index is 810. The number of carbonyl (C=O) groups excluding carboxylic acids is 1. The average molecular weight is 467 g/mol. The van der Waals surface area contributed by atoms with Gasteiger partial charge in [-0.15, -0.1) is 6.58 Å². The standard InChI is InChI=1S/C24H32F2N2O3S/c1-3-14-32-28-12-4-17(5-13-28)18-15-20(25)22(21(26)16-18)30-19-6-10-27(11-7-19)23(29)31-24(2)8-9-24/h3,15-17,19H,1,4-14H2,2H3. The molecule has 2 aliphatic heterocycles. The molecule has 3 aliphatic rings. The molecule has 1 saturated carbocycles. The number of halogens is 2. The fraction of sp³-hybridized carbons (Fsp3) is 0.625. The predicted octanol–water partition coefficient (Wildman–Crippen LogP) is 5.51. The van der Waals surface area contributed by atoms with Crippen LogP contribution < -0.4 is 4.74 Å². The molecule has 1 aliphatic carbocycles. The van der Waals surface area contributed by atoms with Crippen LogP contribution in [0.25, 0.3) is 0 Å². The van der Waals surface area contributed by atoms with Gasteiger partial charge in [0.25, 0.3) is 0 Å². The first-order chi connectivity index (χ1) is 15.4. The maximum atomic E-state index is 14.8. The molecular weight excluding hydrogens is 434 g/mol. The van der Waals surface area contributed by atoms with Crippen LogP contribution in [0.1, 0.15) is 56.9 Å². The summed E-state index contributed by atoms with van der Waals surface area (Å²) in [7, 11) is 0. The van der Waals surface area contributed by atoms with Crippen LogP contribution in [0, 0.1) is 11.6 Å². The van der Waals surface area contributed by atoms with Crippen LogP contribution in [-0.2, 0) is 4.74 Å². The second-order valence-corrected chi connectivity index (χ2v) is 10.3. The van der Waals surface area contributed by atoms with Gasteiger partial charge in [-0.1, -0.05) is 18.0 Å². The van der Waals surface area contributed by atoms with Crippen LogP contribution in [0.2, 0.25) is 0 Å². The molecule has 0 unspecified atom stereocenters. The fourth-order valence-electron chi connectivity index (χ4n) is 4.28. The van der Waals surface area contributed by atoms with E-state index < -0.39 is 11.6 Å². The first-order valence-electron chi connectivity index (χ1n) is 11.5. The van der Waals surface area contributed by atoms with Crippen molar-refractivity contribution in [3.8, 4) is 5.75 Å². The van der Waals surface area contributed by atoms with Crippen molar-refractivity contribution in [1.82, 2.24) is 9.21 Å². The van der Waals surface area contributed by atoms with E-state index in [2.05, 4.69) is 10.9 Å². The minimum atomic E-state index is -0.646. The minimum absolute atomic E-state index is 0.149. The lowest BCUT2D eigenvalue weighted by Crippen LogP contribution is -2.43. The van der Waals surface area contributed by atoms with E-state index in [0.29, 0.717) is 31.5 Å². The number of likely N-dealkylation sites (tertiary alicyclic amines) is 1. The average Bonchev–Trinajstić information content (AvgIpc) is 3.51. The van der Waals surface area contributed by atoms with Crippen molar-refractivity contribution in [2.24, 2.45) is 0 Å². The number of ether oxygens (including phenoxy) is 2. The van der Waals surface area contributed by atoms with Gasteiger partial charge in [0.2, 0.25) is 0 Å². The van der Waals surface area contributed by atoms with Gasteiger partial charge < -0.3 is 14.4 Å². The molecule has 176 valence electrons. The predicted molar refractivity (Wildman–Crippen MR) is 122 cm³/mol. The molecule has 0 radical (unpaired) electrons. The summed E-state index contributed by atoms with van der Waals surface area (Å²) in [4.78, 5) is 13.9. The third kappa shape index (κ3) is 5.76. The molecule has 1 amide bonds. The highest BCUT2D eigenvalue weighted by molar-refractivity contribution is 7.97. The van der Waals surface area contributed by atoms with Gasteiger partial charge in [-0.3, -0.25) is 4.31 Å². The molecule has 0 bridgehead atoms. The highest BCUT2D eigenvalue weighted by atomic mass is 32.2. The third-order valence-corrected chi connectivity index (χ3v) is 7.71. The Kier molecular flexibility index (Phi) is 7.30. The fourth-order valence-corrected chi connectivity index (χ4v) is 5.07. The molecule has 4 rings (SSSR count). The highest BCUT2D eigenvalue weighted by Gasteiger charge is 2.43. The highest BCUT2D eigenvalue weighted by Crippen LogP contribution is 2.39. The van der Waals surface area contributed by atoms with Gasteiger partial charge in [0, 0.05) is 44.8 Å². The van der Waals surface area contributed by atoms with Crippen LogP contribution in [-0.4, -0.2) is 58.9 Å². The number of amides is 1. The van der Waals surface area contributed by atoms with Crippen molar-refractivity contribution in [1.29, 1.82) is 0 Å². The topological polar surface area (TPSA) is 42.0 Å². The van der Waals surface area contributed by atoms with Crippen molar-refractivity contribution >= 4 is 18.0 Å². The molecule has 0 N–H and O–H groups in total. The Morgan fingerprint density at radius 3 is 2.34 bits per heavy atom. The van der Waals surface area contributed by atoms with E-state index >= 15 is 0 Å². The van der Waals surface area contributed by atoms with Crippen molar-refractivity contribution in [3.63, 3.8) is 0 Å². The Morgan fingerprint density at radius 2 is 1.78 bits per heavy atom. The molecule has 32 heavy (non-hydrogen) atoms. The quantitative estimate of drug-likeness (QED) is 0.392. The third-order valence-electron chi connectivity index (χ3n) is 6.59. The summed E-state index contributed by atoms with van der Waals surface area (Å²) in [5.41, 5.74) is 0.395. The van der Waals surface area contributed by atoms with E-state index in [1.165, 1.54) is 12.1 Å². The van der Waals surface area contributed by atoms with Gasteiger partial charge >= 0.3 is 6.09 Å². The maximum Gasteiger partial charge on any atom is 0.410 e. The largest absolute Gasteiger partial charge is 0.484 e. The Hall–Kier alpha value is -1.80. The lowest BCUT2D eigenvalue weighted by molar-refractivity contribution is 0.0374. The summed E-state index contributed by atoms with van der Waals surface area (Å²) in [5, 5.41) is 0. The summed E-state index contributed by atoms with van der Waals surface area (Å²) >= 11 is 1.74. The van der Waals surface area contributed by atoms with E-state index in [9.17, 15) is 13.6 Å². The smallest absolute Gasteiger partial charge is 0.410 e. The zero-order chi connectivity index (χ0) is 22.7. The van der Waals surface area contributed by atoms with E-state index in [-0.39, 0.29) is 29.5 Å². The van der Waals surface area contributed by atoms with E-state index in [0.717, 1.165) is 44.5 Å². The van der Waals surface area contributed by atoms with Crippen molar-refractivity contribution in [3.05, 3.63) is 42.0 Å². The second kappa shape index (κ2) is 10.00. The van der Waals surface area contributed by atoms with Gasteiger partial charge in [0.05, 0.1) is 0 Å². The summed E-state index contributed by atoms with van der Waals surface area (Å²) in [6, 6.07) is 2.86.